The van der Waals surface area contributed by atoms with Gasteiger partial charge in [-0.25, -0.2) is 0 Å². The van der Waals surface area contributed by atoms with Gasteiger partial charge in [0.25, 0.3) is 11.6 Å². The number of nitrogens with zero attached hydrogens (tertiary/aromatic N) is 1. The van der Waals surface area contributed by atoms with Crippen molar-refractivity contribution in [2.75, 3.05) is 16.4 Å². The first-order valence-corrected chi connectivity index (χ1v) is 10.5. The maximum Gasteiger partial charge on any atom is 0.270 e. The Morgan fingerprint density at radius 2 is 1.61 bits per heavy atom. The Morgan fingerprint density at radius 3 is 2.32 bits per heavy atom. The molecule has 0 aliphatic rings. The molecular formula is C23H21N3O4S. The summed E-state index contributed by atoms with van der Waals surface area (Å²) in [5.74, 6) is -0.345. The topological polar surface area (TPSA) is 101 Å². The number of hydrogen-bond acceptors (Lipinski definition) is 5. The Bertz CT molecular complexity index is 1130. The zero-order valence-corrected chi connectivity index (χ0v) is 17.9. The normalized spacial score (nSPS) is 10.4. The van der Waals surface area contributed by atoms with Crippen molar-refractivity contribution >= 4 is 40.6 Å². The van der Waals surface area contributed by atoms with Crippen molar-refractivity contribution in [2.24, 2.45) is 0 Å². The van der Waals surface area contributed by atoms with E-state index in [1.165, 1.54) is 36.0 Å². The van der Waals surface area contributed by atoms with Gasteiger partial charge in [0.1, 0.15) is 0 Å². The number of thioether (sulfide) groups is 1. The Morgan fingerprint density at radius 1 is 0.935 bits per heavy atom. The van der Waals surface area contributed by atoms with Crippen molar-refractivity contribution in [3.8, 4) is 0 Å². The number of anilines is 2. The molecule has 158 valence electrons. The summed E-state index contributed by atoms with van der Waals surface area (Å²) in [5.41, 5.74) is 3.42. The minimum atomic E-state index is -0.544. The lowest BCUT2D eigenvalue weighted by Crippen LogP contribution is -2.15. The molecule has 0 fully saturated rings. The molecule has 0 unspecified atom stereocenters. The van der Waals surface area contributed by atoms with Crippen LogP contribution in [-0.2, 0) is 4.79 Å². The van der Waals surface area contributed by atoms with Crippen LogP contribution in [0.15, 0.2) is 71.6 Å². The van der Waals surface area contributed by atoms with Crippen molar-refractivity contribution in [3.63, 3.8) is 0 Å². The molecular weight excluding hydrogens is 414 g/mol. The molecule has 2 amide bonds. The van der Waals surface area contributed by atoms with E-state index in [0.29, 0.717) is 5.69 Å². The van der Waals surface area contributed by atoms with Crippen LogP contribution >= 0.6 is 11.8 Å². The maximum atomic E-state index is 12.4. The Labute approximate surface area is 184 Å². The fourth-order valence-corrected chi connectivity index (χ4v) is 3.72. The summed E-state index contributed by atoms with van der Waals surface area (Å²) in [6, 6.07) is 18.5. The number of nitro groups is 1. The van der Waals surface area contributed by atoms with E-state index in [9.17, 15) is 19.7 Å². The first kappa shape index (κ1) is 22.0. The lowest BCUT2D eigenvalue weighted by atomic mass is 10.1. The third-order valence-electron chi connectivity index (χ3n) is 4.53. The average Bonchev–Trinajstić information content (AvgIpc) is 2.75. The van der Waals surface area contributed by atoms with Crippen molar-refractivity contribution in [3.05, 3.63) is 93.5 Å². The second-order valence-corrected chi connectivity index (χ2v) is 7.94. The number of nitrogens with one attached hydrogen (secondary N) is 2. The molecule has 0 heterocycles. The van der Waals surface area contributed by atoms with E-state index in [4.69, 9.17) is 0 Å². The summed E-state index contributed by atoms with van der Waals surface area (Å²) >= 11 is 1.35. The number of aryl methyl sites for hydroxylation is 2. The van der Waals surface area contributed by atoms with Gasteiger partial charge < -0.3 is 10.6 Å². The molecule has 0 bridgehead atoms. The van der Waals surface area contributed by atoms with Crippen LogP contribution in [0, 0.1) is 24.0 Å². The van der Waals surface area contributed by atoms with Crippen LogP contribution < -0.4 is 10.6 Å². The molecule has 0 radical (unpaired) electrons. The molecule has 3 aromatic rings. The zero-order chi connectivity index (χ0) is 22.4. The molecule has 3 aromatic carbocycles. The van der Waals surface area contributed by atoms with Gasteiger partial charge in [0.05, 0.1) is 10.7 Å². The van der Waals surface area contributed by atoms with Crippen LogP contribution in [-0.4, -0.2) is 22.5 Å². The summed E-state index contributed by atoms with van der Waals surface area (Å²) in [7, 11) is 0. The quantitative estimate of drug-likeness (QED) is 0.302. The van der Waals surface area contributed by atoms with Crippen LogP contribution in [0.25, 0.3) is 0 Å². The predicted octanol–water partition coefficient (Wildman–Crippen LogP) is 5.19. The first-order chi connectivity index (χ1) is 14.8. The van der Waals surface area contributed by atoms with Gasteiger partial charge in [-0.05, 0) is 49.2 Å². The molecule has 0 aliphatic heterocycles. The molecule has 0 aromatic heterocycles. The number of carbonyl (C=O) groups excluding carboxylic acids is 2. The fourth-order valence-electron chi connectivity index (χ4n) is 2.96. The third kappa shape index (κ3) is 5.93. The smallest absolute Gasteiger partial charge is 0.270 e. The molecule has 0 aliphatic carbocycles. The maximum absolute atomic E-state index is 12.4. The number of benzene rings is 3. The zero-order valence-electron chi connectivity index (χ0n) is 17.0. The van der Waals surface area contributed by atoms with Gasteiger partial charge in [-0.15, -0.1) is 11.8 Å². The van der Waals surface area contributed by atoms with Gasteiger partial charge in [0.15, 0.2) is 0 Å². The van der Waals surface area contributed by atoms with Crippen LogP contribution in [0.2, 0.25) is 0 Å². The van der Waals surface area contributed by atoms with E-state index in [0.717, 1.165) is 21.7 Å². The SMILES string of the molecule is Cc1cccc(C)c1NC(=O)CSc1cccc(NC(=O)c2cccc([N+](=O)[O-])c2)c1. The van der Waals surface area contributed by atoms with Crippen LogP contribution in [0.5, 0.6) is 0 Å². The van der Waals surface area contributed by atoms with E-state index in [2.05, 4.69) is 10.6 Å². The summed E-state index contributed by atoms with van der Waals surface area (Å²) in [6.07, 6.45) is 0. The Balaban J connectivity index is 1.61. The first-order valence-electron chi connectivity index (χ1n) is 9.48. The number of para-hydroxylation sites is 1. The molecule has 31 heavy (non-hydrogen) atoms. The number of nitro benzene ring substituents is 1. The van der Waals surface area contributed by atoms with Crippen LogP contribution in [0.1, 0.15) is 21.5 Å². The van der Waals surface area contributed by atoms with E-state index in [1.807, 2.05) is 38.1 Å². The van der Waals surface area contributed by atoms with Crippen molar-refractivity contribution in [1.82, 2.24) is 0 Å². The second-order valence-electron chi connectivity index (χ2n) is 6.89. The van der Waals surface area contributed by atoms with Crippen LogP contribution in [0.3, 0.4) is 0 Å². The van der Waals surface area contributed by atoms with E-state index < -0.39 is 10.8 Å². The number of carbonyl (C=O) groups is 2. The highest BCUT2D eigenvalue weighted by molar-refractivity contribution is 8.00. The molecule has 0 atom stereocenters. The minimum Gasteiger partial charge on any atom is -0.325 e. The highest BCUT2D eigenvalue weighted by Crippen LogP contribution is 2.24. The molecule has 0 spiro atoms. The van der Waals surface area contributed by atoms with Crippen molar-refractivity contribution in [1.29, 1.82) is 0 Å². The number of rotatable bonds is 7. The van der Waals surface area contributed by atoms with Gasteiger partial charge >= 0.3 is 0 Å². The van der Waals surface area contributed by atoms with Crippen molar-refractivity contribution in [2.45, 2.75) is 18.7 Å². The van der Waals surface area contributed by atoms with E-state index >= 15 is 0 Å². The average molecular weight is 436 g/mol. The van der Waals surface area contributed by atoms with E-state index in [1.54, 1.807) is 18.2 Å². The highest BCUT2D eigenvalue weighted by Gasteiger charge is 2.12. The van der Waals surface area contributed by atoms with Crippen molar-refractivity contribution < 1.29 is 14.5 Å². The number of hydrogen-bond donors (Lipinski definition) is 2. The summed E-state index contributed by atoms with van der Waals surface area (Å²) < 4.78 is 0. The highest BCUT2D eigenvalue weighted by atomic mass is 32.2. The predicted molar refractivity (Wildman–Crippen MR) is 123 cm³/mol. The summed E-state index contributed by atoms with van der Waals surface area (Å²) in [6.45, 7) is 3.90. The molecule has 3 rings (SSSR count). The molecule has 0 saturated carbocycles. The van der Waals surface area contributed by atoms with Crippen LogP contribution in [0.4, 0.5) is 17.1 Å². The van der Waals surface area contributed by atoms with Gasteiger partial charge in [-0.3, -0.25) is 19.7 Å². The third-order valence-corrected chi connectivity index (χ3v) is 5.52. The second kappa shape index (κ2) is 9.90. The fraction of sp³-hybridized carbons (Fsp3) is 0.130. The lowest BCUT2D eigenvalue weighted by Gasteiger charge is -2.11. The molecule has 2 N–H and O–H groups in total. The summed E-state index contributed by atoms with van der Waals surface area (Å²) in [4.78, 5) is 36.0. The van der Waals surface area contributed by atoms with Gasteiger partial charge in [-0.2, -0.15) is 0 Å². The largest absolute Gasteiger partial charge is 0.325 e. The molecule has 0 saturated heterocycles. The Kier molecular flexibility index (Phi) is 7.04. The molecule has 8 heteroatoms. The lowest BCUT2D eigenvalue weighted by molar-refractivity contribution is -0.384. The van der Waals surface area contributed by atoms with Gasteiger partial charge in [0, 0.05) is 34.0 Å². The number of non-ortho nitro benzene ring substituents is 1. The number of amides is 2. The monoisotopic (exact) mass is 435 g/mol. The standard InChI is InChI=1S/C23H21N3O4S/c1-15-6-3-7-16(2)22(15)25-21(27)14-31-20-11-5-9-18(13-20)24-23(28)17-8-4-10-19(12-17)26(29)30/h3-13H,14H2,1-2H3,(H,24,28)(H,25,27). The minimum absolute atomic E-state index is 0.117. The summed E-state index contributed by atoms with van der Waals surface area (Å²) in [5, 5.41) is 16.6. The molecule has 7 nitrogen and oxygen atoms in total. The Hall–Kier alpha value is -3.65. The van der Waals surface area contributed by atoms with Gasteiger partial charge in [0.2, 0.25) is 5.91 Å². The van der Waals surface area contributed by atoms with Gasteiger partial charge in [-0.1, -0.05) is 30.3 Å². The van der Waals surface area contributed by atoms with E-state index in [-0.39, 0.29) is 22.9 Å².